The molecule has 0 saturated carbocycles. The number of nitrogens with one attached hydrogen (secondary N) is 1. The molecule has 1 aliphatic rings. The van der Waals surface area contributed by atoms with Crippen molar-refractivity contribution in [2.75, 3.05) is 5.32 Å². The molecule has 1 aliphatic heterocycles. The number of hydrogen-bond donors (Lipinski definition) is 1. The van der Waals surface area contributed by atoms with Gasteiger partial charge in [0.1, 0.15) is 0 Å². The quantitative estimate of drug-likeness (QED) is 0.887. The van der Waals surface area contributed by atoms with Crippen LogP contribution in [0.4, 0.5) is 5.69 Å². The second kappa shape index (κ2) is 7.82. The van der Waals surface area contributed by atoms with Crippen molar-refractivity contribution in [3.8, 4) is 0 Å². The molecule has 2 rings (SSSR count). The molecule has 3 atom stereocenters. The molecule has 4 nitrogen and oxygen atoms in total. The second-order valence-corrected chi connectivity index (χ2v) is 7.07. The van der Waals surface area contributed by atoms with E-state index in [1.165, 1.54) is 5.56 Å². The molecule has 0 aliphatic carbocycles. The number of benzene rings is 1. The molecular formula is C20H30N2O2. The molecule has 0 unspecified atom stereocenters. The Morgan fingerprint density at radius 3 is 2.50 bits per heavy atom. The molecular weight excluding hydrogens is 300 g/mol. The van der Waals surface area contributed by atoms with E-state index in [-0.39, 0.29) is 29.7 Å². The number of rotatable bonds is 5. The third-order valence-corrected chi connectivity index (χ3v) is 5.28. The van der Waals surface area contributed by atoms with Crippen LogP contribution in [0.3, 0.4) is 0 Å². The van der Waals surface area contributed by atoms with E-state index in [0.29, 0.717) is 6.54 Å². The molecule has 1 heterocycles. The SMILES string of the molecule is CC[C@H](C)C(=O)Nc1cccc2c1C[C@@H](C)N(C(=O)[C@@H](C)CC)C2. The van der Waals surface area contributed by atoms with Crippen molar-refractivity contribution in [2.24, 2.45) is 11.8 Å². The van der Waals surface area contributed by atoms with Crippen LogP contribution in [0.1, 0.15) is 58.6 Å². The number of nitrogens with zero attached hydrogens (tertiary/aromatic N) is 1. The Labute approximate surface area is 145 Å². The maximum atomic E-state index is 12.6. The highest BCUT2D eigenvalue weighted by molar-refractivity contribution is 5.93. The summed E-state index contributed by atoms with van der Waals surface area (Å²) in [6.07, 6.45) is 2.48. The smallest absolute Gasteiger partial charge is 0.227 e. The van der Waals surface area contributed by atoms with Crippen molar-refractivity contribution in [3.63, 3.8) is 0 Å². The van der Waals surface area contributed by atoms with Crippen LogP contribution in [0, 0.1) is 11.8 Å². The molecule has 24 heavy (non-hydrogen) atoms. The molecule has 0 fully saturated rings. The standard InChI is InChI=1S/C20H30N2O2/c1-6-13(3)19(23)21-18-10-8-9-16-12-22(15(5)11-17(16)18)20(24)14(4)7-2/h8-10,13-15H,6-7,11-12H2,1-5H3,(H,21,23)/t13-,14-,15+/m0/s1. The van der Waals surface area contributed by atoms with Crippen molar-refractivity contribution in [1.82, 2.24) is 4.90 Å². The summed E-state index contributed by atoms with van der Waals surface area (Å²) in [7, 11) is 0. The molecule has 1 aromatic rings. The van der Waals surface area contributed by atoms with Crippen LogP contribution < -0.4 is 5.32 Å². The van der Waals surface area contributed by atoms with E-state index in [1.54, 1.807) is 0 Å². The fraction of sp³-hybridized carbons (Fsp3) is 0.600. The fourth-order valence-corrected chi connectivity index (χ4v) is 3.08. The number of carbonyl (C=O) groups is 2. The van der Waals surface area contributed by atoms with Gasteiger partial charge in [-0.2, -0.15) is 0 Å². The van der Waals surface area contributed by atoms with Gasteiger partial charge in [-0.1, -0.05) is 39.8 Å². The number of amides is 2. The van der Waals surface area contributed by atoms with Crippen molar-refractivity contribution in [1.29, 1.82) is 0 Å². The van der Waals surface area contributed by atoms with Crippen LogP contribution in [0.25, 0.3) is 0 Å². The number of anilines is 1. The third-order valence-electron chi connectivity index (χ3n) is 5.28. The van der Waals surface area contributed by atoms with Gasteiger partial charge in [-0.05, 0) is 43.4 Å². The van der Waals surface area contributed by atoms with Gasteiger partial charge in [0, 0.05) is 30.1 Å². The molecule has 1 aromatic carbocycles. The van der Waals surface area contributed by atoms with Crippen LogP contribution in [-0.2, 0) is 22.6 Å². The van der Waals surface area contributed by atoms with Gasteiger partial charge in [-0.3, -0.25) is 9.59 Å². The minimum Gasteiger partial charge on any atom is -0.335 e. The lowest BCUT2D eigenvalue weighted by Gasteiger charge is -2.37. The van der Waals surface area contributed by atoms with E-state index < -0.39 is 0 Å². The average molecular weight is 330 g/mol. The zero-order valence-electron chi connectivity index (χ0n) is 15.6. The lowest BCUT2D eigenvalue weighted by molar-refractivity contribution is -0.138. The Kier molecular flexibility index (Phi) is 6.03. The maximum Gasteiger partial charge on any atom is 0.227 e. The molecule has 0 aromatic heterocycles. The third kappa shape index (κ3) is 3.80. The van der Waals surface area contributed by atoms with Crippen molar-refractivity contribution < 1.29 is 9.59 Å². The van der Waals surface area contributed by atoms with Gasteiger partial charge in [-0.25, -0.2) is 0 Å². The van der Waals surface area contributed by atoms with Gasteiger partial charge in [-0.15, -0.1) is 0 Å². The minimum absolute atomic E-state index is 0.00495. The summed E-state index contributed by atoms with van der Waals surface area (Å²) in [5.41, 5.74) is 3.22. The van der Waals surface area contributed by atoms with E-state index >= 15 is 0 Å². The van der Waals surface area contributed by atoms with Crippen LogP contribution >= 0.6 is 0 Å². The topological polar surface area (TPSA) is 49.4 Å². The zero-order valence-corrected chi connectivity index (χ0v) is 15.6. The molecule has 1 N–H and O–H groups in total. The summed E-state index contributed by atoms with van der Waals surface area (Å²) in [6, 6.07) is 6.16. The van der Waals surface area contributed by atoms with E-state index in [2.05, 4.69) is 18.3 Å². The van der Waals surface area contributed by atoms with Crippen molar-refractivity contribution in [2.45, 2.75) is 66.5 Å². The van der Waals surface area contributed by atoms with Crippen LogP contribution in [0.2, 0.25) is 0 Å². The highest BCUT2D eigenvalue weighted by Crippen LogP contribution is 2.30. The van der Waals surface area contributed by atoms with Gasteiger partial charge < -0.3 is 10.2 Å². The first-order chi connectivity index (χ1) is 11.4. The number of hydrogen-bond acceptors (Lipinski definition) is 2. The van der Waals surface area contributed by atoms with Crippen LogP contribution in [0.15, 0.2) is 18.2 Å². The minimum atomic E-state index is 0.00495. The summed E-state index contributed by atoms with van der Waals surface area (Å²) < 4.78 is 0. The van der Waals surface area contributed by atoms with Gasteiger partial charge in [0.2, 0.25) is 11.8 Å². The van der Waals surface area contributed by atoms with Gasteiger partial charge >= 0.3 is 0 Å². The first-order valence-electron chi connectivity index (χ1n) is 9.11. The Morgan fingerprint density at radius 1 is 1.21 bits per heavy atom. The van der Waals surface area contributed by atoms with Crippen molar-refractivity contribution >= 4 is 17.5 Å². The lowest BCUT2D eigenvalue weighted by Crippen LogP contribution is -2.45. The first kappa shape index (κ1) is 18.5. The number of fused-ring (bicyclic) bond motifs is 1. The summed E-state index contributed by atoms with van der Waals surface area (Å²) in [5, 5.41) is 3.08. The van der Waals surface area contributed by atoms with Crippen LogP contribution in [0.5, 0.6) is 0 Å². The van der Waals surface area contributed by atoms with Gasteiger partial charge in [0.25, 0.3) is 0 Å². The first-order valence-corrected chi connectivity index (χ1v) is 9.11. The summed E-state index contributed by atoms with van der Waals surface area (Å²) in [6.45, 7) is 10.7. The molecule has 2 amide bonds. The highest BCUT2D eigenvalue weighted by Gasteiger charge is 2.30. The van der Waals surface area contributed by atoms with Crippen LogP contribution in [-0.4, -0.2) is 22.8 Å². The highest BCUT2D eigenvalue weighted by atomic mass is 16.2. The maximum absolute atomic E-state index is 12.6. The fourth-order valence-electron chi connectivity index (χ4n) is 3.08. The molecule has 132 valence electrons. The largest absolute Gasteiger partial charge is 0.335 e. The molecule has 0 bridgehead atoms. The van der Waals surface area contributed by atoms with Gasteiger partial charge in [0.05, 0.1) is 0 Å². The second-order valence-electron chi connectivity index (χ2n) is 7.07. The normalized spacial score (nSPS) is 19.4. The van der Waals surface area contributed by atoms with Gasteiger partial charge in [0.15, 0.2) is 0 Å². The van der Waals surface area contributed by atoms with E-state index in [0.717, 1.165) is 30.5 Å². The van der Waals surface area contributed by atoms with Crippen molar-refractivity contribution in [3.05, 3.63) is 29.3 Å². The van der Waals surface area contributed by atoms with E-state index in [1.807, 2.05) is 44.7 Å². The summed E-state index contributed by atoms with van der Waals surface area (Å²) >= 11 is 0. The zero-order chi connectivity index (χ0) is 17.9. The summed E-state index contributed by atoms with van der Waals surface area (Å²) in [5.74, 6) is 0.356. The summed E-state index contributed by atoms with van der Waals surface area (Å²) in [4.78, 5) is 26.8. The monoisotopic (exact) mass is 330 g/mol. The molecule has 0 spiro atoms. The van der Waals surface area contributed by atoms with E-state index in [9.17, 15) is 9.59 Å². The average Bonchev–Trinajstić information content (AvgIpc) is 2.59. The number of carbonyl (C=O) groups excluding carboxylic acids is 2. The Balaban J connectivity index is 2.23. The lowest BCUT2D eigenvalue weighted by atomic mass is 9.91. The van der Waals surface area contributed by atoms with E-state index in [4.69, 9.17) is 0 Å². The predicted octanol–water partition coefficient (Wildman–Crippen LogP) is 3.99. The predicted molar refractivity (Wildman–Crippen MR) is 97.7 cm³/mol. The Morgan fingerprint density at radius 2 is 1.88 bits per heavy atom. The molecule has 4 heteroatoms. The Bertz CT molecular complexity index is 612. The molecule has 0 saturated heterocycles. The molecule has 0 radical (unpaired) electrons. The Hall–Kier alpha value is -1.84.